The number of furan rings is 1. The number of aromatic nitrogens is 2. The van der Waals surface area contributed by atoms with Crippen LogP contribution in [-0.4, -0.2) is 9.78 Å². The molecule has 2 heterocycles. The summed E-state index contributed by atoms with van der Waals surface area (Å²) >= 11 is 6.39. The van der Waals surface area contributed by atoms with Crippen molar-refractivity contribution in [2.45, 2.75) is 53.6 Å². The Morgan fingerprint density at radius 1 is 1.29 bits per heavy atom. The van der Waals surface area contributed by atoms with Gasteiger partial charge in [0.1, 0.15) is 11.5 Å². The van der Waals surface area contributed by atoms with E-state index in [9.17, 15) is 0 Å². The second-order valence-corrected chi connectivity index (χ2v) is 5.72. The lowest BCUT2D eigenvalue weighted by molar-refractivity contribution is 0.477. The molecule has 5 nitrogen and oxygen atoms in total. The predicted octanol–water partition coefficient (Wildman–Crippen LogP) is 3.13. The molecule has 1 unspecified atom stereocenters. The average Bonchev–Trinajstić information content (AvgIpc) is 2.86. The lowest BCUT2D eigenvalue weighted by atomic mass is 9.98. The molecule has 1 atom stereocenters. The van der Waals surface area contributed by atoms with Crippen molar-refractivity contribution < 1.29 is 4.42 Å². The Morgan fingerprint density at radius 3 is 2.43 bits per heavy atom. The maximum absolute atomic E-state index is 6.39. The maximum atomic E-state index is 6.39. The van der Waals surface area contributed by atoms with Gasteiger partial charge in [0.2, 0.25) is 0 Å². The van der Waals surface area contributed by atoms with Gasteiger partial charge in [-0.05, 0) is 40.2 Å². The Balaban J connectivity index is 2.40. The van der Waals surface area contributed by atoms with Gasteiger partial charge >= 0.3 is 0 Å². The van der Waals surface area contributed by atoms with Gasteiger partial charge in [-0.15, -0.1) is 0 Å². The predicted molar refractivity (Wildman–Crippen MR) is 84.3 cm³/mol. The van der Waals surface area contributed by atoms with Crippen molar-refractivity contribution in [3.8, 4) is 0 Å². The van der Waals surface area contributed by atoms with Crippen LogP contribution >= 0.6 is 11.6 Å². The third-order valence-corrected chi connectivity index (χ3v) is 4.51. The van der Waals surface area contributed by atoms with Gasteiger partial charge in [0.15, 0.2) is 0 Å². The van der Waals surface area contributed by atoms with E-state index < -0.39 is 0 Å². The standard InChI is InChI=1S/C15H23ClN4O/c1-6-20-13(15(16)9(3)19-20)7-12(18-17)14-8(2)10(4)21-11(14)5/h12,18H,6-7,17H2,1-5H3. The normalized spacial score (nSPS) is 12.9. The van der Waals surface area contributed by atoms with Crippen LogP contribution in [0, 0.1) is 27.7 Å². The first-order valence-electron chi connectivity index (χ1n) is 7.15. The number of nitrogens with one attached hydrogen (secondary N) is 1. The molecule has 2 aromatic rings. The van der Waals surface area contributed by atoms with Gasteiger partial charge < -0.3 is 4.42 Å². The molecule has 0 aliphatic carbocycles. The van der Waals surface area contributed by atoms with Crippen molar-refractivity contribution in [1.82, 2.24) is 15.2 Å². The van der Waals surface area contributed by atoms with Gasteiger partial charge in [0.05, 0.1) is 22.5 Å². The van der Waals surface area contributed by atoms with Crippen LogP contribution in [-0.2, 0) is 13.0 Å². The van der Waals surface area contributed by atoms with E-state index in [-0.39, 0.29) is 6.04 Å². The minimum absolute atomic E-state index is 0.0543. The van der Waals surface area contributed by atoms with Gasteiger partial charge in [-0.3, -0.25) is 16.0 Å². The Kier molecular flexibility index (Phi) is 4.76. The van der Waals surface area contributed by atoms with Crippen LogP contribution in [0.15, 0.2) is 4.42 Å². The van der Waals surface area contributed by atoms with Crippen LogP contribution < -0.4 is 11.3 Å². The summed E-state index contributed by atoms with van der Waals surface area (Å²) in [7, 11) is 0. The third kappa shape index (κ3) is 2.86. The van der Waals surface area contributed by atoms with Crippen LogP contribution in [0.1, 0.15) is 47.0 Å². The van der Waals surface area contributed by atoms with Crippen LogP contribution in [0.4, 0.5) is 0 Å². The summed E-state index contributed by atoms with van der Waals surface area (Å²) in [6, 6.07) is -0.0543. The quantitative estimate of drug-likeness (QED) is 0.657. The number of halogens is 1. The number of nitrogens with two attached hydrogens (primary N) is 1. The van der Waals surface area contributed by atoms with E-state index in [0.29, 0.717) is 11.4 Å². The number of rotatable bonds is 5. The van der Waals surface area contributed by atoms with Gasteiger partial charge in [-0.1, -0.05) is 11.6 Å². The fourth-order valence-electron chi connectivity index (χ4n) is 2.82. The minimum Gasteiger partial charge on any atom is -0.466 e. The average molecular weight is 311 g/mol. The Labute approximate surface area is 130 Å². The first-order valence-corrected chi connectivity index (χ1v) is 7.52. The van der Waals surface area contributed by atoms with E-state index in [2.05, 4.69) is 24.4 Å². The van der Waals surface area contributed by atoms with E-state index in [1.165, 1.54) is 0 Å². The molecule has 21 heavy (non-hydrogen) atoms. The van der Waals surface area contributed by atoms with Gasteiger partial charge in [-0.25, -0.2) is 0 Å². The minimum atomic E-state index is -0.0543. The fraction of sp³-hybridized carbons (Fsp3) is 0.533. The maximum Gasteiger partial charge on any atom is 0.106 e. The second-order valence-electron chi connectivity index (χ2n) is 5.34. The zero-order chi connectivity index (χ0) is 15.7. The molecule has 2 rings (SSSR count). The van der Waals surface area contributed by atoms with E-state index in [4.69, 9.17) is 21.9 Å². The molecule has 3 N–H and O–H groups in total. The molecule has 0 saturated heterocycles. The molecule has 0 aliphatic heterocycles. The molecule has 0 aliphatic rings. The molecule has 0 aromatic carbocycles. The Hall–Kier alpha value is -1.30. The smallest absolute Gasteiger partial charge is 0.106 e. The number of aryl methyl sites for hydroxylation is 4. The molecule has 0 fully saturated rings. The number of nitrogens with zero attached hydrogens (tertiary/aromatic N) is 2. The van der Waals surface area contributed by atoms with Crippen LogP contribution in [0.25, 0.3) is 0 Å². The summed E-state index contributed by atoms with van der Waals surface area (Å²) in [5, 5.41) is 5.17. The highest BCUT2D eigenvalue weighted by molar-refractivity contribution is 6.31. The molecule has 6 heteroatoms. The van der Waals surface area contributed by atoms with E-state index in [0.717, 1.165) is 40.6 Å². The van der Waals surface area contributed by atoms with Crippen molar-refractivity contribution in [3.63, 3.8) is 0 Å². The zero-order valence-corrected chi connectivity index (χ0v) is 14.0. The molecular formula is C15H23ClN4O. The Morgan fingerprint density at radius 2 is 1.95 bits per heavy atom. The molecule has 0 saturated carbocycles. The zero-order valence-electron chi connectivity index (χ0n) is 13.2. The van der Waals surface area contributed by atoms with E-state index in [1.54, 1.807) is 0 Å². The molecule has 2 aromatic heterocycles. The van der Waals surface area contributed by atoms with Crippen LogP contribution in [0.3, 0.4) is 0 Å². The number of hydrogen-bond acceptors (Lipinski definition) is 4. The summed E-state index contributed by atoms with van der Waals surface area (Å²) < 4.78 is 7.64. The summed E-state index contributed by atoms with van der Waals surface area (Å²) in [6.45, 7) is 10.7. The SMILES string of the molecule is CCn1nc(C)c(Cl)c1CC(NN)c1c(C)oc(C)c1C. The molecule has 0 spiro atoms. The molecular weight excluding hydrogens is 288 g/mol. The molecule has 0 radical (unpaired) electrons. The first kappa shape index (κ1) is 16.1. The first-order chi connectivity index (χ1) is 9.90. The van der Waals surface area contributed by atoms with Crippen molar-refractivity contribution in [1.29, 1.82) is 0 Å². The van der Waals surface area contributed by atoms with Crippen molar-refractivity contribution in [2.75, 3.05) is 0 Å². The monoisotopic (exact) mass is 310 g/mol. The van der Waals surface area contributed by atoms with Crippen molar-refractivity contribution >= 4 is 11.6 Å². The number of hydrogen-bond donors (Lipinski definition) is 2. The highest BCUT2D eigenvalue weighted by Gasteiger charge is 2.24. The molecule has 0 amide bonds. The highest BCUT2D eigenvalue weighted by atomic mass is 35.5. The lowest BCUT2D eigenvalue weighted by Gasteiger charge is -2.17. The van der Waals surface area contributed by atoms with E-state index >= 15 is 0 Å². The summed E-state index contributed by atoms with van der Waals surface area (Å²) in [4.78, 5) is 0. The topological polar surface area (TPSA) is 69.0 Å². The largest absolute Gasteiger partial charge is 0.466 e. The van der Waals surface area contributed by atoms with Gasteiger partial charge in [-0.2, -0.15) is 5.10 Å². The molecule has 0 bridgehead atoms. The van der Waals surface area contributed by atoms with Crippen molar-refractivity contribution in [2.24, 2.45) is 5.84 Å². The van der Waals surface area contributed by atoms with Gasteiger partial charge in [0.25, 0.3) is 0 Å². The van der Waals surface area contributed by atoms with Crippen molar-refractivity contribution in [3.05, 3.63) is 39.1 Å². The van der Waals surface area contributed by atoms with Crippen LogP contribution in [0.5, 0.6) is 0 Å². The van der Waals surface area contributed by atoms with Gasteiger partial charge in [0, 0.05) is 18.5 Å². The highest BCUT2D eigenvalue weighted by Crippen LogP contribution is 2.31. The third-order valence-electron chi connectivity index (χ3n) is 4.02. The number of hydrazine groups is 1. The second kappa shape index (κ2) is 6.22. The Bertz CT molecular complexity index is 645. The summed E-state index contributed by atoms with van der Waals surface area (Å²) in [5.41, 5.74) is 6.97. The fourth-order valence-corrected chi connectivity index (χ4v) is 3.04. The van der Waals surface area contributed by atoms with Crippen LogP contribution in [0.2, 0.25) is 5.02 Å². The summed E-state index contributed by atoms with van der Waals surface area (Å²) in [6.07, 6.45) is 0.671. The summed E-state index contributed by atoms with van der Waals surface area (Å²) in [5.74, 6) is 7.60. The lowest BCUT2D eigenvalue weighted by Crippen LogP contribution is -2.31. The molecule has 116 valence electrons. The van der Waals surface area contributed by atoms with E-state index in [1.807, 2.05) is 25.5 Å².